The smallest absolute Gasteiger partial charge is 0.213 e. The van der Waals surface area contributed by atoms with Crippen molar-refractivity contribution in [3.05, 3.63) is 30.0 Å². The van der Waals surface area contributed by atoms with Crippen molar-refractivity contribution >= 4 is 6.08 Å². The van der Waals surface area contributed by atoms with E-state index in [2.05, 4.69) is 24.1 Å². The maximum Gasteiger partial charge on any atom is 0.213 e. The molecule has 1 saturated carbocycles. The number of hydrogen-bond acceptors (Lipinski definition) is 2. The summed E-state index contributed by atoms with van der Waals surface area (Å²) in [5.74, 6) is 1.49. The number of ether oxygens (including phenoxy) is 1. The Bertz CT molecular complexity index is 380. The Labute approximate surface area is 110 Å². The second-order valence-electron chi connectivity index (χ2n) is 5.05. The number of pyridine rings is 1. The Kier molecular flexibility index (Phi) is 5.25. The SMILES string of the molecule is CC/C=C/c1ccnc(OCC2CCCCC2)c1. The van der Waals surface area contributed by atoms with Crippen molar-refractivity contribution in [1.82, 2.24) is 4.98 Å². The predicted molar refractivity (Wildman–Crippen MR) is 75.6 cm³/mol. The number of rotatable bonds is 5. The fourth-order valence-electron chi connectivity index (χ4n) is 2.42. The van der Waals surface area contributed by atoms with Gasteiger partial charge in [0.15, 0.2) is 0 Å². The van der Waals surface area contributed by atoms with Gasteiger partial charge < -0.3 is 4.74 Å². The second kappa shape index (κ2) is 7.20. The van der Waals surface area contributed by atoms with E-state index in [0.717, 1.165) is 24.8 Å². The van der Waals surface area contributed by atoms with Gasteiger partial charge >= 0.3 is 0 Å². The molecule has 1 aromatic rings. The van der Waals surface area contributed by atoms with E-state index < -0.39 is 0 Å². The molecule has 1 aliphatic carbocycles. The van der Waals surface area contributed by atoms with Gasteiger partial charge in [-0.1, -0.05) is 38.3 Å². The van der Waals surface area contributed by atoms with Crippen molar-refractivity contribution in [2.24, 2.45) is 5.92 Å². The summed E-state index contributed by atoms with van der Waals surface area (Å²) in [5, 5.41) is 0. The molecule has 0 radical (unpaired) electrons. The molecule has 0 atom stereocenters. The number of hydrogen-bond donors (Lipinski definition) is 0. The highest BCUT2D eigenvalue weighted by Crippen LogP contribution is 2.24. The monoisotopic (exact) mass is 245 g/mol. The molecule has 0 N–H and O–H groups in total. The van der Waals surface area contributed by atoms with Crippen LogP contribution in [0.3, 0.4) is 0 Å². The van der Waals surface area contributed by atoms with Gasteiger partial charge in [0, 0.05) is 12.3 Å². The maximum absolute atomic E-state index is 5.82. The van der Waals surface area contributed by atoms with E-state index >= 15 is 0 Å². The van der Waals surface area contributed by atoms with E-state index in [4.69, 9.17) is 4.74 Å². The van der Waals surface area contributed by atoms with Crippen molar-refractivity contribution in [3.63, 3.8) is 0 Å². The van der Waals surface area contributed by atoms with Crippen LogP contribution in [-0.4, -0.2) is 11.6 Å². The van der Waals surface area contributed by atoms with Crippen LogP contribution in [0.1, 0.15) is 51.0 Å². The van der Waals surface area contributed by atoms with Crippen LogP contribution < -0.4 is 4.74 Å². The molecule has 0 saturated heterocycles. The predicted octanol–water partition coefficient (Wildman–Crippen LogP) is 4.46. The Balaban J connectivity index is 1.86. The van der Waals surface area contributed by atoms with Gasteiger partial charge in [0.2, 0.25) is 5.88 Å². The van der Waals surface area contributed by atoms with Crippen molar-refractivity contribution in [3.8, 4) is 5.88 Å². The first-order valence-corrected chi connectivity index (χ1v) is 7.14. The first-order valence-electron chi connectivity index (χ1n) is 7.14. The number of nitrogens with zero attached hydrogens (tertiary/aromatic N) is 1. The standard InChI is InChI=1S/C16H23NO/c1-2-3-7-14-10-11-17-16(12-14)18-13-15-8-5-4-6-9-15/h3,7,10-12,15H,2,4-6,8-9,13H2,1H3/b7-3+. The zero-order valence-electron chi connectivity index (χ0n) is 11.3. The first-order chi connectivity index (χ1) is 8.88. The number of allylic oxidation sites excluding steroid dienone is 1. The lowest BCUT2D eigenvalue weighted by Gasteiger charge is -2.21. The summed E-state index contributed by atoms with van der Waals surface area (Å²) in [6.45, 7) is 2.96. The molecular weight excluding hydrogens is 222 g/mol. The molecular formula is C16H23NO. The molecule has 2 rings (SSSR count). The van der Waals surface area contributed by atoms with Crippen LogP contribution >= 0.6 is 0 Å². The molecule has 1 aliphatic rings. The van der Waals surface area contributed by atoms with Crippen molar-refractivity contribution in [1.29, 1.82) is 0 Å². The Morgan fingerprint density at radius 3 is 2.94 bits per heavy atom. The van der Waals surface area contributed by atoms with E-state index in [1.54, 1.807) is 0 Å². The van der Waals surface area contributed by atoms with Crippen molar-refractivity contribution in [2.45, 2.75) is 45.4 Å². The van der Waals surface area contributed by atoms with Crippen LogP contribution in [0.15, 0.2) is 24.4 Å². The highest BCUT2D eigenvalue weighted by atomic mass is 16.5. The van der Waals surface area contributed by atoms with Crippen molar-refractivity contribution < 1.29 is 4.74 Å². The van der Waals surface area contributed by atoms with Crippen LogP contribution in [0.5, 0.6) is 5.88 Å². The van der Waals surface area contributed by atoms with Crippen LogP contribution in [0.25, 0.3) is 6.08 Å². The molecule has 0 unspecified atom stereocenters. The summed E-state index contributed by atoms with van der Waals surface area (Å²) in [4.78, 5) is 4.28. The molecule has 2 nitrogen and oxygen atoms in total. The van der Waals surface area contributed by atoms with Gasteiger partial charge in [0.25, 0.3) is 0 Å². The molecule has 18 heavy (non-hydrogen) atoms. The molecule has 0 bridgehead atoms. The van der Waals surface area contributed by atoms with Gasteiger partial charge in [-0.05, 0) is 36.8 Å². The first kappa shape index (κ1) is 13.1. The van der Waals surface area contributed by atoms with Crippen LogP contribution in [0.2, 0.25) is 0 Å². The third-order valence-corrected chi connectivity index (χ3v) is 3.50. The highest BCUT2D eigenvalue weighted by Gasteiger charge is 2.14. The zero-order valence-corrected chi connectivity index (χ0v) is 11.3. The lowest BCUT2D eigenvalue weighted by atomic mass is 9.90. The summed E-state index contributed by atoms with van der Waals surface area (Å²) in [6, 6.07) is 4.04. The van der Waals surface area contributed by atoms with E-state index in [1.165, 1.54) is 37.7 Å². The summed E-state index contributed by atoms with van der Waals surface area (Å²) in [6.07, 6.45) is 13.9. The zero-order chi connectivity index (χ0) is 12.6. The highest BCUT2D eigenvalue weighted by molar-refractivity contribution is 5.49. The van der Waals surface area contributed by atoms with Gasteiger partial charge in [-0.15, -0.1) is 0 Å². The van der Waals surface area contributed by atoms with E-state index in [-0.39, 0.29) is 0 Å². The average molecular weight is 245 g/mol. The molecule has 0 aromatic carbocycles. The third-order valence-electron chi connectivity index (χ3n) is 3.50. The fourth-order valence-corrected chi connectivity index (χ4v) is 2.42. The van der Waals surface area contributed by atoms with Gasteiger partial charge in [-0.2, -0.15) is 0 Å². The molecule has 1 heterocycles. The fraction of sp³-hybridized carbons (Fsp3) is 0.562. The molecule has 0 amide bonds. The molecule has 98 valence electrons. The van der Waals surface area contributed by atoms with Crippen LogP contribution in [0, 0.1) is 5.92 Å². The largest absolute Gasteiger partial charge is 0.477 e. The molecule has 1 aromatic heterocycles. The van der Waals surface area contributed by atoms with E-state index in [0.29, 0.717) is 0 Å². The summed E-state index contributed by atoms with van der Waals surface area (Å²) in [5.41, 5.74) is 1.17. The summed E-state index contributed by atoms with van der Waals surface area (Å²) < 4.78 is 5.82. The lowest BCUT2D eigenvalue weighted by Crippen LogP contribution is -2.15. The van der Waals surface area contributed by atoms with E-state index in [1.807, 2.05) is 18.3 Å². The Morgan fingerprint density at radius 2 is 2.17 bits per heavy atom. The third kappa shape index (κ3) is 4.17. The molecule has 0 aliphatic heterocycles. The molecule has 1 fully saturated rings. The topological polar surface area (TPSA) is 22.1 Å². The van der Waals surface area contributed by atoms with Gasteiger partial charge in [0.05, 0.1) is 6.61 Å². The molecule has 2 heteroatoms. The van der Waals surface area contributed by atoms with E-state index in [9.17, 15) is 0 Å². The second-order valence-corrected chi connectivity index (χ2v) is 5.05. The summed E-state index contributed by atoms with van der Waals surface area (Å²) in [7, 11) is 0. The minimum Gasteiger partial charge on any atom is -0.477 e. The van der Waals surface area contributed by atoms with Gasteiger partial charge in [-0.3, -0.25) is 0 Å². The minimum atomic E-state index is 0.732. The Hall–Kier alpha value is -1.31. The Morgan fingerprint density at radius 1 is 1.33 bits per heavy atom. The van der Waals surface area contributed by atoms with Crippen LogP contribution in [0.4, 0.5) is 0 Å². The van der Waals surface area contributed by atoms with Gasteiger partial charge in [0.1, 0.15) is 0 Å². The summed E-state index contributed by atoms with van der Waals surface area (Å²) >= 11 is 0. The average Bonchev–Trinajstić information content (AvgIpc) is 2.44. The molecule has 0 spiro atoms. The van der Waals surface area contributed by atoms with Crippen molar-refractivity contribution in [2.75, 3.05) is 6.61 Å². The lowest BCUT2D eigenvalue weighted by molar-refractivity contribution is 0.203. The van der Waals surface area contributed by atoms with Crippen LogP contribution in [-0.2, 0) is 0 Å². The quantitative estimate of drug-likeness (QED) is 0.764. The normalized spacial score (nSPS) is 17.2. The maximum atomic E-state index is 5.82. The van der Waals surface area contributed by atoms with Gasteiger partial charge in [-0.25, -0.2) is 4.98 Å². The number of aromatic nitrogens is 1. The minimum absolute atomic E-state index is 0.732.